The summed E-state index contributed by atoms with van der Waals surface area (Å²) >= 11 is 7.16. The highest BCUT2D eigenvalue weighted by Crippen LogP contribution is 2.35. The van der Waals surface area contributed by atoms with Crippen LogP contribution in [0.25, 0.3) is 10.9 Å². The van der Waals surface area contributed by atoms with Gasteiger partial charge in [-0.15, -0.1) is 0 Å². The monoisotopic (exact) mass is 494 g/mol. The Morgan fingerprint density at radius 3 is 2.72 bits per heavy atom. The van der Waals surface area contributed by atoms with E-state index >= 15 is 0 Å². The topological polar surface area (TPSA) is 103 Å². The largest absolute Gasteiger partial charge is 0.381 e. The minimum absolute atomic E-state index is 0.220. The van der Waals surface area contributed by atoms with Crippen LogP contribution in [0, 0.1) is 5.92 Å². The molecule has 0 radical (unpaired) electrons. The van der Waals surface area contributed by atoms with Gasteiger partial charge in [-0.2, -0.15) is 5.10 Å². The number of halogens is 1. The second-order valence-electron chi connectivity index (χ2n) is 8.32. The predicted molar refractivity (Wildman–Crippen MR) is 123 cm³/mol. The van der Waals surface area contributed by atoms with Crippen LogP contribution in [0.1, 0.15) is 38.1 Å². The number of thiazole rings is 1. The van der Waals surface area contributed by atoms with Crippen molar-refractivity contribution in [2.45, 2.75) is 48.3 Å². The van der Waals surface area contributed by atoms with Crippen molar-refractivity contribution >= 4 is 54.7 Å². The fourth-order valence-electron chi connectivity index (χ4n) is 4.14. The number of sulfone groups is 1. The Morgan fingerprint density at radius 2 is 2.03 bits per heavy atom. The van der Waals surface area contributed by atoms with Gasteiger partial charge in [0.1, 0.15) is 10.4 Å². The number of nitrogens with zero attached hydrogens (tertiary/aromatic N) is 3. The first kappa shape index (κ1) is 21.8. The molecule has 1 aliphatic heterocycles. The molecule has 2 aromatic heterocycles. The highest BCUT2D eigenvalue weighted by Gasteiger charge is 2.37. The zero-order chi connectivity index (χ0) is 22.3. The van der Waals surface area contributed by atoms with E-state index in [4.69, 9.17) is 16.3 Å². The van der Waals surface area contributed by atoms with Crippen LogP contribution in [0.5, 0.6) is 0 Å². The van der Waals surface area contributed by atoms with Crippen LogP contribution in [0.15, 0.2) is 35.5 Å². The Bertz CT molecular complexity index is 1250. The molecule has 1 saturated carbocycles. The fraction of sp³-hybridized carbons (Fsp3) is 0.476. The van der Waals surface area contributed by atoms with Gasteiger partial charge in [-0.3, -0.25) is 9.48 Å². The Morgan fingerprint density at radius 1 is 1.25 bits per heavy atom. The van der Waals surface area contributed by atoms with Crippen molar-refractivity contribution in [1.29, 1.82) is 0 Å². The lowest BCUT2D eigenvalue weighted by Gasteiger charge is -2.26. The lowest BCUT2D eigenvalue weighted by molar-refractivity contribution is -0.120. The van der Waals surface area contributed by atoms with Crippen molar-refractivity contribution in [2.75, 3.05) is 18.5 Å². The minimum atomic E-state index is -3.30. The van der Waals surface area contributed by atoms with E-state index in [2.05, 4.69) is 15.4 Å². The van der Waals surface area contributed by atoms with Crippen LogP contribution < -0.4 is 5.32 Å². The first-order valence-electron chi connectivity index (χ1n) is 10.6. The number of ether oxygens (including phenoxy) is 1. The first-order chi connectivity index (χ1) is 15.4. The number of amides is 1. The van der Waals surface area contributed by atoms with Gasteiger partial charge in [0, 0.05) is 18.6 Å². The number of fused-ring (bicyclic) bond motifs is 1. The molecule has 1 amide bonds. The first-order valence-corrected chi connectivity index (χ1v) is 13.4. The minimum Gasteiger partial charge on any atom is -0.381 e. The third kappa shape index (κ3) is 4.41. The van der Waals surface area contributed by atoms with Gasteiger partial charge in [-0.1, -0.05) is 22.9 Å². The summed E-state index contributed by atoms with van der Waals surface area (Å²) in [6, 6.07) is 4.47. The van der Waals surface area contributed by atoms with E-state index in [1.807, 2.05) is 0 Å². The van der Waals surface area contributed by atoms with Crippen LogP contribution >= 0.6 is 22.9 Å². The molecule has 5 rings (SSSR count). The van der Waals surface area contributed by atoms with Crippen molar-refractivity contribution in [3.8, 4) is 0 Å². The van der Waals surface area contributed by atoms with E-state index in [1.54, 1.807) is 29.1 Å². The van der Waals surface area contributed by atoms with Crippen molar-refractivity contribution < 1.29 is 17.9 Å². The van der Waals surface area contributed by atoms with Gasteiger partial charge in [0.2, 0.25) is 0 Å². The summed E-state index contributed by atoms with van der Waals surface area (Å²) in [5, 5.41) is 8.23. The number of benzene rings is 1. The molecule has 11 heteroatoms. The molecule has 1 N–H and O–H groups in total. The van der Waals surface area contributed by atoms with E-state index in [1.165, 1.54) is 17.5 Å². The number of aromatic nitrogens is 3. The van der Waals surface area contributed by atoms with Crippen molar-refractivity contribution in [1.82, 2.24) is 14.8 Å². The highest BCUT2D eigenvalue weighted by molar-refractivity contribution is 7.92. The zero-order valence-electron chi connectivity index (χ0n) is 17.2. The lowest BCUT2D eigenvalue weighted by Crippen LogP contribution is -2.30. The molecule has 1 atom stereocenters. The number of anilines is 1. The molecule has 3 heterocycles. The maximum Gasteiger partial charge on any atom is 0.251 e. The lowest BCUT2D eigenvalue weighted by atomic mass is 9.92. The molecule has 8 nitrogen and oxygen atoms in total. The zero-order valence-corrected chi connectivity index (χ0v) is 19.6. The molecule has 2 aliphatic rings. The molecule has 2 fully saturated rings. The normalized spacial score (nSPS) is 18.7. The number of hydrogen-bond acceptors (Lipinski definition) is 7. The van der Waals surface area contributed by atoms with Gasteiger partial charge in [-0.25, -0.2) is 13.4 Å². The Kier molecular flexibility index (Phi) is 5.96. The molecule has 1 unspecified atom stereocenters. The van der Waals surface area contributed by atoms with Gasteiger partial charge in [0.15, 0.2) is 15.0 Å². The Balaban J connectivity index is 1.47. The molecule has 32 heavy (non-hydrogen) atoms. The average Bonchev–Trinajstić information content (AvgIpc) is 3.46. The SMILES string of the molecule is O=C(Nc1ncc(Cl)s1)C(CC1CCOCC1)n1ncc2cc(S(=O)(=O)C3CC3)ccc21. The van der Waals surface area contributed by atoms with Crippen LogP contribution in [0.2, 0.25) is 4.34 Å². The Labute approximate surface area is 194 Å². The predicted octanol–water partition coefficient (Wildman–Crippen LogP) is 4.08. The number of carbonyl (C=O) groups is 1. The molecule has 1 saturated heterocycles. The van der Waals surface area contributed by atoms with Gasteiger partial charge in [-0.05, 0) is 56.2 Å². The summed E-state index contributed by atoms with van der Waals surface area (Å²) in [6.07, 6.45) is 6.94. The standard InChI is InChI=1S/C21H23ClN4O4S2/c22-19-12-23-21(31-19)25-20(27)18(9-13-5-7-30-8-6-13)26-17-4-3-16(10-14(17)11-24-26)32(28,29)15-1-2-15/h3-4,10-13,15,18H,1-2,5-9H2,(H,23,25,27). The van der Waals surface area contributed by atoms with E-state index < -0.39 is 15.9 Å². The van der Waals surface area contributed by atoms with Crippen LogP contribution in [0.4, 0.5) is 5.13 Å². The van der Waals surface area contributed by atoms with Gasteiger partial charge in [0.05, 0.1) is 28.1 Å². The molecule has 0 spiro atoms. The second kappa shape index (κ2) is 8.74. The van der Waals surface area contributed by atoms with Crippen LogP contribution in [0.3, 0.4) is 0 Å². The van der Waals surface area contributed by atoms with Crippen molar-refractivity contribution in [3.05, 3.63) is 34.9 Å². The van der Waals surface area contributed by atoms with Gasteiger partial charge >= 0.3 is 0 Å². The van der Waals surface area contributed by atoms with E-state index in [-0.39, 0.29) is 11.2 Å². The van der Waals surface area contributed by atoms with Crippen LogP contribution in [-0.4, -0.2) is 47.6 Å². The number of hydrogen-bond donors (Lipinski definition) is 1. The second-order valence-corrected chi connectivity index (χ2v) is 12.2. The average molecular weight is 495 g/mol. The van der Waals surface area contributed by atoms with Crippen molar-refractivity contribution in [2.24, 2.45) is 5.92 Å². The Hall–Kier alpha value is -2.01. The maximum atomic E-state index is 13.3. The summed E-state index contributed by atoms with van der Waals surface area (Å²) in [5.74, 6) is 0.107. The summed E-state index contributed by atoms with van der Waals surface area (Å²) in [4.78, 5) is 17.7. The van der Waals surface area contributed by atoms with Gasteiger partial charge in [0.25, 0.3) is 5.91 Å². The molecular weight excluding hydrogens is 472 g/mol. The summed E-state index contributed by atoms with van der Waals surface area (Å²) < 4.78 is 32.9. The third-order valence-electron chi connectivity index (χ3n) is 6.06. The number of nitrogens with one attached hydrogen (secondary N) is 1. The van der Waals surface area contributed by atoms with E-state index in [9.17, 15) is 13.2 Å². The van der Waals surface area contributed by atoms with Crippen LogP contribution in [-0.2, 0) is 19.4 Å². The number of rotatable bonds is 7. The van der Waals surface area contributed by atoms with E-state index in [0.29, 0.717) is 58.1 Å². The smallest absolute Gasteiger partial charge is 0.251 e. The molecular formula is C21H23ClN4O4S2. The molecule has 0 bridgehead atoms. The molecule has 1 aromatic carbocycles. The summed E-state index contributed by atoms with van der Waals surface area (Å²) in [5.41, 5.74) is 0.726. The number of carbonyl (C=O) groups excluding carboxylic acids is 1. The fourth-order valence-corrected chi connectivity index (χ4v) is 6.65. The summed E-state index contributed by atoms with van der Waals surface area (Å²) in [6.45, 7) is 1.37. The molecule has 3 aromatic rings. The molecule has 170 valence electrons. The maximum absolute atomic E-state index is 13.3. The molecule has 1 aliphatic carbocycles. The summed E-state index contributed by atoms with van der Waals surface area (Å²) in [7, 11) is -3.30. The van der Waals surface area contributed by atoms with Crippen molar-refractivity contribution in [3.63, 3.8) is 0 Å². The van der Waals surface area contributed by atoms with Gasteiger partial charge < -0.3 is 10.1 Å². The third-order valence-corrected chi connectivity index (χ3v) is 9.35. The quantitative estimate of drug-likeness (QED) is 0.530. The highest BCUT2D eigenvalue weighted by atomic mass is 35.5. The van der Waals surface area contributed by atoms with E-state index in [0.717, 1.165) is 18.4 Å².